The molecule has 0 amide bonds. The number of aryl methyl sites for hydroxylation is 1. The molecule has 2 nitrogen and oxygen atoms in total. The predicted octanol–water partition coefficient (Wildman–Crippen LogP) is 2.61. The number of aromatic nitrogens is 2. The molecule has 0 saturated carbocycles. The Labute approximate surface area is 75.8 Å². The molecule has 3 heteroatoms. The minimum atomic E-state index is 0.524. The molecular weight excluding hydrogens is 204 g/mol. The van der Waals surface area contributed by atoms with E-state index in [1.807, 2.05) is 14.0 Å². The van der Waals surface area contributed by atoms with Gasteiger partial charge in [0.2, 0.25) is 0 Å². The van der Waals surface area contributed by atoms with Gasteiger partial charge in [-0.25, -0.2) is 4.98 Å². The average Bonchev–Trinajstić information content (AvgIpc) is 2.07. The molecule has 0 aliphatic rings. The lowest BCUT2D eigenvalue weighted by atomic mass is 10.1. The first-order valence-corrected chi connectivity index (χ1v) is 4.52. The van der Waals surface area contributed by atoms with Crippen LogP contribution in [0.15, 0.2) is 4.60 Å². The normalized spacial score (nSPS) is 11.1. The van der Waals surface area contributed by atoms with Gasteiger partial charge in [-0.15, -0.1) is 0 Å². The highest BCUT2D eigenvalue weighted by Gasteiger charge is 2.12. The lowest BCUT2D eigenvalue weighted by Crippen LogP contribution is -2.00. The number of nitrogens with zero attached hydrogens (tertiary/aromatic N) is 2. The van der Waals surface area contributed by atoms with Gasteiger partial charge in [0.25, 0.3) is 0 Å². The minimum absolute atomic E-state index is 0.524. The highest BCUT2D eigenvalue weighted by atomic mass is 79.9. The molecule has 0 spiro atoms. The summed E-state index contributed by atoms with van der Waals surface area (Å²) in [6.45, 7) is 6.35. The fourth-order valence-electron chi connectivity index (χ4n) is 1.21. The van der Waals surface area contributed by atoms with Crippen LogP contribution in [0.1, 0.15) is 31.3 Å². The van der Waals surface area contributed by atoms with Gasteiger partial charge in [-0.3, -0.25) is 0 Å². The summed E-state index contributed by atoms with van der Waals surface area (Å²) < 4.78 is 3.10. The molecule has 0 aliphatic carbocycles. The van der Waals surface area contributed by atoms with E-state index in [0.717, 1.165) is 10.4 Å². The summed E-state index contributed by atoms with van der Waals surface area (Å²) in [5.41, 5.74) is 1.27. The Kier molecular flexibility index (Phi) is 2.37. The van der Waals surface area contributed by atoms with Crippen LogP contribution in [0, 0.1) is 6.92 Å². The van der Waals surface area contributed by atoms with Crippen molar-refractivity contribution < 1.29 is 0 Å². The highest BCUT2D eigenvalue weighted by Crippen LogP contribution is 2.23. The second kappa shape index (κ2) is 2.97. The van der Waals surface area contributed by atoms with Crippen LogP contribution in [0.5, 0.6) is 0 Å². The summed E-state index contributed by atoms with van der Waals surface area (Å²) in [5, 5.41) is 0. The molecule has 0 radical (unpaired) electrons. The van der Waals surface area contributed by atoms with Crippen molar-refractivity contribution in [1.82, 2.24) is 9.55 Å². The number of hydrogen-bond acceptors (Lipinski definition) is 1. The predicted molar refractivity (Wildman–Crippen MR) is 49.7 cm³/mol. The van der Waals surface area contributed by atoms with Crippen LogP contribution in [0.4, 0.5) is 0 Å². The first-order chi connectivity index (χ1) is 5.04. The van der Waals surface area contributed by atoms with E-state index in [4.69, 9.17) is 0 Å². The molecule has 1 aromatic heterocycles. The van der Waals surface area contributed by atoms with Crippen LogP contribution in [-0.2, 0) is 7.05 Å². The van der Waals surface area contributed by atoms with E-state index in [0.29, 0.717) is 5.92 Å². The van der Waals surface area contributed by atoms with Crippen molar-refractivity contribution in [2.24, 2.45) is 7.05 Å². The Morgan fingerprint density at radius 2 is 2.00 bits per heavy atom. The number of imidazole rings is 1. The number of hydrogen-bond donors (Lipinski definition) is 0. The Balaban J connectivity index is 3.22. The Hall–Kier alpha value is -0.310. The Morgan fingerprint density at radius 3 is 2.18 bits per heavy atom. The van der Waals surface area contributed by atoms with Gasteiger partial charge in [-0.05, 0) is 28.8 Å². The van der Waals surface area contributed by atoms with E-state index in [1.54, 1.807) is 0 Å². The topological polar surface area (TPSA) is 17.8 Å². The molecule has 1 heterocycles. The Bertz CT molecular complexity index is 263. The molecule has 62 valence electrons. The van der Waals surface area contributed by atoms with Gasteiger partial charge in [0.05, 0.1) is 5.69 Å². The summed E-state index contributed by atoms with van der Waals surface area (Å²) in [4.78, 5) is 4.31. The van der Waals surface area contributed by atoms with Crippen LogP contribution in [-0.4, -0.2) is 9.55 Å². The lowest BCUT2D eigenvalue weighted by molar-refractivity contribution is 0.721. The molecule has 0 saturated heterocycles. The first-order valence-electron chi connectivity index (χ1n) is 3.72. The zero-order valence-corrected chi connectivity index (χ0v) is 8.94. The van der Waals surface area contributed by atoms with Gasteiger partial charge < -0.3 is 4.57 Å². The maximum Gasteiger partial charge on any atom is 0.127 e. The van der Waals surface area contributed by atoms with Crippen LogP contribution >= 0.6 is 15.9 Å². The second-order valence-corrected chi connectivity index (χ2v) is 3.80. The SMILES string of the molecule is Cc1nc(Br)c(C(C)C)n1C. The lowest BCUT2D eigenvalue weighted by Gasteiger charge is -2.06. The van der Waals surface area contributed by atoms with Gasteiger partial charge in [0, 0.05) is 7.05 Å². The van der Waals surface area contributed by atoms with Crippen LogP contribution in [0.25, 0.3) is 0 Å². The summed E-state index contributed by atoms with van der Waals surface area (Å²) in [6, 6.07) is 0. The molecule has 0 fully saturated rings. The monoisotopic (exact) mass is 216 g/mol. The smallest absolute Gasteiger partial charge is 0.127 e. The number of rotatable bonds is 1. The molecule has 0 bridgehead atoms. The van der Waals surface area contributed by atoms with Gasteiger partial charge in [0.15, 0.2) is 0 Å². The minimum Gasteiger partial charge on any atom is -0.334 e. The molecule has 0 aliphatic heterocycles. The first kappa shape index (κ1) is 8.78. The van der Waals surface area contributed by atoms with Gasteiger partial charge in [0.1, 0.15) is 10.4 Å². The van der Waals surface area contributed by atoms with Gasteiger partial charge in [-0.1, -0.05) is 13.8 Å². The third-order valence-electron chi connectivity index (χ3n) is 1.86. The van der Waals surface area contributed by atoms with E-state index in [9.17, 15) is 0 Å². The molecule has 0 aromatic carbocycles. The number of halogens is 1. The van der Waals surface area contributed by atoms with E-state index in [-0.39, 0.29) is 0 Å². The quantitative estimate of drug-likeness (QED) is 0.706. The van der Waals surface area contributed by atoms with E-state index < -0.39 is 0 Å². The second-order valence-electron chi connectivity index (χ2n) is 3.05. The summed E-state index contributed by atoms with van der Waals surface area (Å²) in [6.07, 6.45) is 0. The fraction of sp³-hybridized carbons (Fsp3) is 0.625. The van der Waals surface area contributed by atoms with Crippen molar-refractivity contribution >= 4 is 15.9 Å². The molecule has 1 aromatic rings. The molecule has 11 heavy (non-hydrogen) atoms. The third kappa shape index (κ3) is 1.48. The fourth-order valence-corrected chi connectivity index (χ4v) is 2.19. The molecule has 1 rings (SSSR count). The molecule has 0 unspecified atom stereocenters. The molecular formula is C8H13BrN2. The Morgan fingerprint density at radius 1 is 1.45 bits per heavy atom. The maximum absolute atomic E-state index is 4.31. The van der Waals surface area contributed by atoms with E-state index >= 15 is 0 Å². The largest absolute Gasteiger partial charge is 0.334 e. The zero-order valence-electron chi connectivity index (χ0n) is 7.35. The maximum atomic E-state index is 4.31. The van der Waals surface area contributed by atoms with Crippen molar-refractivity contribution in [2.75, 3.05) is 0 Å². The van der Waals surface area contributed by atoms with Crippen molar-refractivity contribution in [3.63, 3.8) is 0 Å². The van der Waals surface area contributed by atoms with Crippen LogP contribution in [0.3, 0.4) is 0 Å². The van der Waals surface area contributed by atoms with Crippen molar-refractivity contribution in [2.45, 2.75) is 26.7 Å². The summed E-state index contributed by atoms with van der Waals surface area (Å²) in [5.74, 6) is 1.58. The van der Waals surface area contributed by atoms with Crippen molar-refractivity contribution in [3.8, 4) is 0 Å². The van der Waals surface area contributed by atoms with Crippen LogP contribution < -0.4 is 0 Å². The summed E-state index contributed by atoms with van der Waals surface area (Å²) >= 11 is 3.44. The van der Waals surface area contributed by atoms with Gasteiger partial charge in [-0.2, -0.15) is 0 Å². The summed E-state index contributed by atoms with van der Waals surface area (Å²) in [7, 11) is 2.04. The van der Waals surface area contributed by atoms with E-state index in [1.165, 1.54) is 5.69 Å². The average molecular weight is 217 g/mol. The molecule has 0 N–H and O–H groups in total. The third-order valence-corrected chi connectivity index (χ3v) is 2.45. The van der Waals surface area contributed by atoms with Crippen molar-refractivity contribution in [3.05, 3.63) is 16.1 Å². The van der Waals surface area contributed by atoms with Crippen LogP contribution in [0.2, 0.25) is 0 Å². The highest BCUT2D eigenvalue weighted by molar-refractivity contribution is 9.10. The van der Waals surface area contributed by atoms with Gasteiger partial charge >= 0.3 is 0 Å². The van der Waals surface area contributed by atoms with Crippen molar-refractivity contribution in [1.29, 1.82) is 0 Å². The molecule has 0 atom stereocenters. The standard InChI is InChI=1S/C8H13BrN2/c1-5(2)7-8(9)10-6(3)11(7)4/h5H,1-4H3. The zero-order chi connectivity index (χ0) is 8.59. The van der Waals surface area contributed by atoms with E-state index in [2.05, 4.69) is 39.3 Å².